The van der Waals surface area contributed by atoms with Gasteiger partial charge in [-0.2, -0.15) is 0 Å². The number of carbonyl (C=O) groups is 2. The van der Waals surface area contributed by atoms with E-state index in [2.05, 4.69) is 10.6 Å². The maximum Gasteiger partial charge on any atom is 0.326 e. The summed E-state index contributed by atoms with van der Waals surface area (Å²) >= 11 is 0. The van der Waals surface area contributed by atoms with Gasteiger partial charge in [0.05, 0.1) is 35.7 Å². The lowest BCUT2D eigenvalue weighted by atomic mass is 9.93. The van der Waals surface area contributed by atoms with Crippen molar-refractivity contribution in [2.24, 2.45) is 0 Å². The number of phenolic OH excluding ortho intramolecular Hbond substituents is 2. The first-order valence-corrected chi connectivity index (χ1v) is 15.4. The topological polar surface area (TPSA) is 338 Å². The number of rotatable bonds is 9. The number of aliphatic hydroxyl groups excluding tert-OH is 8. The van der Waals surface area contributed by atoms with E-state index in [0.29, 0.717) is 0 Å². The van der Waals surface area contributed by atoms with Gasteiger partial charge in [0.25, 0.3) is 0 Å². The van der Waals surface area contributed by atoms with E-state index in [1.54, 1.807) is 0 Å². The fourth-order valence-electron chi connectivity index (χ4n) is 6.49. The minimum atomic E-state index is -1.92. The number of fused-ring (bicyclic) bond motifs is 2. The number of benzene rings is 2. The molecule has 0 spiro atoms. The Morgan fingerprint density at radius 1 is 0.640 bits per heavy atom. The zero-order chi connectivity index (χ0) is 36.3. The Bertz CT molecular complexity index is 1530. The van der Waals surface area contributed by atoms with Crippen molar-refractivity contribution in [2.75, 3.05) is 23.8 Å². The quantitative estimate of drug-likeness (QED) is 0.118. The number of anilines is 2. The Balaban J connectivity index is 1.50. The Morgan fingerprint density at radius 3 is 1.32 bits per heavy atom. The Kier molecular flexibility index (Phi) is 9.60. The number of aliphatic hydroxyl groups is 8. The highest BCUT2D eigenvalue weighted by Gasteiger charge is 2.47. The molecule has 0 aromatic heterocycles. The van der Waals surface area contributed by atoms with Crippen molar-refractivity contribution in [3.05, 3.63) is 23.3 Å². The molecule has 2 aromatic carbocycles. The van der Waals surface area contributed by atoms with Gasteiger partial charge in [0, 0.05) is 12.8 Å². The summed E-state index contributed by atoms with van der Waals surface area (Å²) in [6, 6.07) is -0.141. The van der Waals surface area contributed by atoms with E-state index in [-0.39, 0.29) is 46.5 Å². The fourth-order valence-corrected chi connectivity index (χ4v) is 6.49. The molecule has 2 fully saturated rings. The maximum absolute atomic E-state index is 12.0. The lowest BCUT2D eigenvalue weighted by molar-refractivity contribution is -0.277. The van der Waals surface area contributed by atoms with Gasteiger partial charge in [-0.3, -0.25) is 0 Å². The number of aromatic hydroxyl groups is 2. The zero-order valence-corrected chi connectivity index (χ0v) is 25.7. The van der Waals surface area contributed by atoms with Gasteiger partial charge in [0.1, 0.15) is 60.9 Å². The van der Waals surface area contributed by atoms with Gasteiger partial charge in [-0.1, -0.05) is 0 Å². The summed E-state index contributed by atoms with van der Waals surface area (Å²) in [5.74, 6) is -5.22. The number of phenols is 2. The lowest BCUT2D eigenvalue weighted by Crippen LogP contribution is -2.60. The van der Waals surface area contributed by atoms with Crippen LogP contribution in [-0.2, 0) is 31.9 Å². The van der Waals surface area contributed by atoms with Crippen molar-refractivity contribution in [2.45, 2.75) is 86.3 Å². The molecule has 20 nitrogen and oxygen atoms in total. The van der Waals surface area contributed by atoms with Crippen LogP contribution in [0.25, 0.3) is 11.1 Å². The molecule has 0 radical (unpaired) electrons. The van der Waals surface area contributed by atoms with E-state index in [4.69, 9.17) is 18.9 Å². The summed E-state index contributed by atoms with van der Waals surface area (Å²) in [4.78, 5) is 24.1. The number of carboxylic acids is 2. The van der Waals surface area contributed by atoms with Crippen molar-refractivity contribution in [1.29, 1.82) is 0 Å². The number of nitrogens with one attached hydrogen (secondary N) is 2. The SMILES string of the molecule is O=C(O)[C@@H]1Cc2cc(O[C@@H]3O[C@H](CO)[C@@H](O)[C@H](O)[C@H]3O)c(O)c(-c3c(O)c(O[C@@H]4O[C@H](CO)[C@@H](O)[C@H](O)[C@H]4O)cc4c3N[C@H](C(=O)O)C4)c2N1. The average molecular weight is 713 g/mol. The van der Waals surface area contributed by atoms with E-state index in [1.165, 1.54) is 12.1 Å². The van der Waals surface area contributed by atoms with Gasteiger partial charge in [-0.05, 0) is 23.3 Å². The minimum absolute atomic E-state index is 0.0425. The molecule has 6 rings (SSSR count). The normalized spacial score (nSPS) is 34.6. The van der Waals surface area contributed by atoms with Crippen molar-refractivity contribution in [1.82, 2.24) is 0 Å². The number of ether oxygens (including phenoxy) is 4. The molecule has 14 N–H and O–H groups in total. The van der Waals surface area contributed by atoms with Gasteiger partial charge in [-0.15, -0.1) is 0 Å². The van der Waals surface area contributed by atoms with E-state index >= 15 is 0 Å². The average Bonchev–Trinajstić information content (AvgIpc) is 3.71. The van der Waals surface area contributed by atoms with Crippen LogP contribution in [-0.4, -0.2) is 160 Å². The van der Waals surface area contributed by atoms with Crippen LogP contribution in [0, 0.1) is 0 Å². The standard InChI is InChI=1S/C30H36N2O18/c33-5-13-21(37)23(39)25(41)29(49-13)47-11-3-7-1-9(27(43)44)31-17(7)15(19(11)35)16-18-8(2-10(32-18)28(45)46)4-12(20(16)36)48-30-26(42)24(40)22(38)14(6-34)50-30/h3-4,9-10,13-14,21-26,29-42H,1-2,5-6H2,(H,43,44)(H,45,46)/t9-,10-,13+,14+,21+,22+,23-,24-,25+,26+,29+,30+/m0/s1. The molecule has 2 saturated heterocycles. The van der Waals surface area contributed by atoms with Crippen molar-refractivity contribution in [3.8, 4) is 34.1 Å². The van der Waals surface area contributed by atoms with Crippen molar-refractivity contribution >= 4 is 23.3 Å². The predicted molar refractivity (Wildman–Crippen MR) is 161 cm³/mol. The van der Waals surface area contributed by atoms with E-state index < -0.39 is 122 Å². The molecule has 2 aromatic rings. The first-order chi connectivity index (χ1) is 23.7. The molecule has 4 heterocycles. The van der Waals surface area contributed by atoms with Crippen LogP contribution >= 0.6 is 0 Å². The molecule has 274 valence electrons. The van der Waals surface area contributed by atoms with Crippen LogP contribution < -0.4 is 20.1 Å². The summed E-state index contributed by atoms with van der Waals surface area (Å²) in [7, 11) is 0. The Labute approximate surface area is 280 Å². The number of carboxylic acid groups (broad SMARTS) is 2. The second-order valence-electron chi connectivity index (χ2n) is 12.4. The maximum atomic E-state index is 12.0. The zero-order valence-electron chi connectivity index (χ0n) is 25.7. The monoisotopic (exact) mass is 712 g/mol. The summed E-state index contributed by atoms with van der Waals surface area (Å²) < 4.78 is 22.3. The van der Waals surface area contributed by atoms with Crippen LogP contribution in [0.2, 0.25) is 0 Å². The molecule has 0 bridgehead atoms. The number of hydrogen-bond acceptors (Lipinski definition) is 18. The molecule has 12 atom stereocenters. The third-order valence-electron chi connectivity index (χ3n) is 9.21. The van der Waals surface area contributed by atoms with Gasteiger partial charge in [0.2, 0.25) is 12.6 Å². The van der Waals surface area contributed by atoms with Crippen LogP contribution in [0.5, 0.6) is 23.0 Å². The van der Waals surface area contributed by atoms with Gasteiger partial charge in [-0.25, -0.2) is 9.59 Å². The second kappa shape index (κ2) is 13.5. The Morgan fingerprint density at radius 2 is 1.00 bits per heavy atom. The molecule has 4 aliphatic rings. The largest absolute Gasteiger partial charge is 0.504 e. The van der Waals surface area contributed by atoms with Gasteiger partial charge in [0.15, 0.2) is 23.0 Å². The highest BCUT2D eigenvalue weighted by molar-refractivity contribution is 6.02. The summed E-state index contributed by atoms with van der Waals surface area (Å²) in [6.07, 6.45) is -17.8. The molecular weight excluding hydrogens is 676 g/mol. The molecule has 4 aliphatic heterocycles. The van der Waals surface area contributed by atoms with Crippen LogP contribution in [0.15, 0.2) is 12.1 Å². The lowest BCUT2D eigenvalue weighted by Gasteiger charge is -2.39. The first kappa shape index (κ1) is 35.6. The summed E-state index contributed by atoms with van der Waals surface area (Å²) in [5, 5.41) is 130. The summed E-state index contributed by atoms with van der Waals surface area (Å²) in [5.41, 5.74) is -0.412. The van der Waals surface area contributed by atoms with Crippen molar-refractivity contribution < 1.29 is 89.8 Å². The molecule has 20 heteroatoms. The third kappa shape index (κ3) is 5.98. The minimum Gasteiger partial charge on any atom is -0.504 e. The van der Waals surface area contributed by atoms with E-state index in [0.717, 1.165) is 0 Å². The molecule has 0 unspecified atom stereocenters. The molecule has 0 saturated carbocycles. The third-order valence-corrected chi connectivity index (χ3v) is 9.21. The first-order valence-electron chi connectivity index (χ1n) is 15.4. The van der Waals surface area contributed by atoms with Gasteiger partial charge < -0.3 is 90.9 Å². The number of hydrogen-bond donors (Lipinski definition) is 14. The predicted octanol–water partition coefficient (Wildman–Crippen LogP) is -4.04. The second-order valence-corrected chi connectivity index (χ2v) is 12.4. The molecule has 0 aliphatic carbocycles. The van der Waals surface area contributed by atoms with Crippen LogP contribution in [0.4, 0.5) is 11.4 Å². The fraction of sp³-hybridized carbons (Fsp3) is 0.533. The Hall–Kier alpha value is -4.22. The molecule has 50 heavy (non-hydrogen) atoms. The van der Waals surface area contributed by atoms with Crippen LogP contribution in [0.1, 0.15) is 11.1 Å². The highest BCUT2D eigenvalue weighted by Crippen LogP contribution is 2.56. The van der Waals surface area contributed by atoms with E-state index in [1.807, 2.05) is 0 Å². The highest BCUT2D eigenvalue weighted by atomic mass is 16.7. The smallest absolute Gasteiger partial charge is 0.326 e. The molecule has 0 amide bonds. The molecular formula is C30H36N2O18. The summed E-state index contributed by atoms with van der Waals surface area (Å²) in [6.45, 7) is -1.60. The van der Waals surface area contributed by atoms with E-state index in [9.17, 15) is 70.9 Å². The van der Waals surface area contributed by atoms with Crippen molar-refractivity contribution in [3.63, 3.8) is 0 Å². The number of aliphatic carboxylic acids is 2. The van der Waals surface area contributed by atoms with Gasteiger partial charge >= 0.3 is 11.9 Å². The van der Waals surface area contributed by atoms with Crippen LogP contribution in [0.3, 0.4) is 0 Å².